The Morgan fingerprint density at radius 2 is 1.42 bits per heavy atom. The van der Waals surface area contributed by atoms with Gasteiger partial charge in [0.25, 0.3) is 10.0 Å². The van der Waals surface area contributed by atoms with Gasteiger partial charge in [-0.05, 0) is 93.3 Å². The van der Waals surface area contributed by atoms with Crippen LogP contribution in [0.2, 0.25) is 0 Å². The van der Waals surface area contributed by atoms with Crippen LogP contribution in [0, 0.1) is 13.8 Å². The summed E-state index contributed by atoms with van der Waals surface area (Å²) < 4.78 is 30.3. The number of aryl methyl sites for hydroxylation is 2. The van der Waals surface area contributed by atoms with Crippen LogP contribution in [0.4, 0.5) is 5.69 Å². The SMILES string of the molecule is Cc1ccc(N(CC(=O)N(Cc2cccc(Br)c2)C(Cc2ccccc2)C(=O)NC(C)(C)C)S(=O)(=O)c2ccccc2)cc1C. The molecule has 0 fully saturated rings. The molecule has 0 aliphatic rings. The maximum absolute atomic E-state index is 14.6. The molecule has 1 unspecified atom stereocenters. The first-order valence-corrected chi connectivity index (χ1v) is 17.0. The van der Waals surface area contributed by atoms with Crippen molar-refractivity contribution >= 4 is 43.5 Å². The highest BCUT2D eigenvalue weighted by molar-refractivity contribution is 9.10. The lowest BCUT2D eigenvalue weighted by Gasteiger charge is -2.35. The van der Waals surface area contributed by atoms with Crippen molar-refractivity contribution in [2.75, 3.05) is 10.8 Å². The second-order valence-corrected chi connectivity index (χ2v) is 15.0. The van der Waals surface area contributed by atoms with Crippen LogP contribution < -0.4 is 9.62 Å². The van der Waals surface area contributed by atoms with Gasteiger partial charge < -0.3 is 10.2 Å². The largest absolute Gasteiger partial charge is 0.350 e. The smallest absolute Gasteiger partial charge is 0.264 e. The molecule has 0 aliphatic heterocycles. The molecule has 236 valence electrons. The van der Waals surface area contributed by atoms with Crippen molar-refractivity contribution in [2.24, 2.45) is 0 Å². The molecule has 0 saturated heterocycles. The first-order valence-electron chi connectivity index (χ1n) is 14.8. The van der Waals surface area contributed by atoms with E-state index in [1.807, 2.05) is 95.3 Å². The lowest BCUT2D eigenvalue weighted by molar-refractivity contribution is -0.140. The number of anilines is 1. The molecular formula is C36H40BrN3O4S. The number of halogens is 1. The number of hydrogen-bond donors (Lipinski definition) is 1. The van der Waals surface area contributed by atoms with Crippen LogP contribution >= 0.6 is 15.9 Å². The van der Waals surface area contributed by atoms with Gasteiger partial charge in [-0.1, -0.05) is 82.7 Å². The van der Waals surface area contributed by atoms with E-state index in [1.54, 1.807) is 30.3 Å². The highest BCUT2D eigenvalue weighted by Crippen LogP contribution is 2.27. The molecule has 1 N–H and O–H groups in total. The number of carbonyl (C=O) groups is 2. The fourth-order valence-corrected chi connectivity index (χ4v) is 6.84. The second-order valence-electron chi connectivity index (χ2n) is 12.2. The van der Waals surface area contributed by atoms with Crippen molar-refractivity contribution in [2.45, 2.75) is 64.1 Å². The van der Waals surface area contributed by atoms with Gasteiger partial charge in [-0.3, -0.25) is 13.9 Å². The molecule has 0 radical (unpaired) electrons. The number of hydrogen-bond acceptors (Lipinski definition) is 4. The summed E-state index contributed by atoms with van der Waals surface area (Å²) in [6.07, 6.45) is 0.248. The van der Waals surface area contributed by atoms with Crippen molar-refractivity contribution in [3.63, 3.8) is 0 Å². The van der Waals surface area contributed by atoms with E-state index in [-0.39, 0.29) is 23.8 Å². The average molecular weight is 691 g/mol. The van der Waals surface area contributed by atoms with E-state index in [2.05, 4.69) is 21.2 Å². The molecule has 45 heavy (non-hydrogen) atoms. The van der Waals surface area contributed by atoms with Gasteiger partial charge >= 0.3 is 0 Å². The molecular weight excluding hydrogens is 650 g/mol. The van der Waals surface area contributed by atoms with Crippen molar-refractivity contribution in [3.8, 4) is 0 Å². The Labute approximate surface area is 275 Å². The summed E-state index contributed by atoms with van der Waals surface area (Å²) in [4.78, 5) is 30.1. The molecule has 4 aromatic rings. The summed E-state index contributed by atoms with van der Waals surface area (Å²) in [5.41, 5.74) is 3.38. The summed E-state index contributed by atoms with van der Waals surface area (Å²) in [7, 11) is -4.15. The highest BCUT2D eigenvalue weighted by Gasteiger charge is 2.35. The highest BCUT2D eigenvalue weighted by atomic mass is 79.9. The zero-order chi connectivity index (χ0) is 32.8. The minimum Gasteiger partial charge on any atom is -0.350 e. The van der Waals surface area contributed by atoms with E-state index in [0.29, 0.717) is 5.69 Å². The standard InChI is InChI=1S/C36H40BrN3O4S/c1-26-19-20-31(21-27(26)2)40(45(43,44)32-17-10-7-11-18-32)25-34(41)39(24-29-15-12-16-30(37)22-29)33(35(42)38-36(3,4)5)23-28-13-8-6-9-14-28/h6-22,33H,23-25H2,1-5H3,(H,38,42). The van der Waals surface area contributed by atoms with Crippen LogP contribution in [0.3, 0.4) is 0 Å². The van der Waals surface area contributed by atoms with Crippen LogP contribution in [0.25, 0.3) is 0 Å². The summed E-state index contributed by atoms with van der Waals surface area (Å²) in [6.45, 7) is 9.11. The minimum absolute atomic E-state index is 0.0703. The first-order chi connectivity index (χ1) is 21.2. The third-order valence-corrected chi connectivity index (χ3v) is 9.68. The van der Waals surface area contributed by atoms with Crippen LogP contribution in [0.5, 0.6) is 0 Å². The molecule has 0 aliphatic carbocycles. The molecule has 1 atom stereocenters. The third-order valence-electron chi connectivity index (χ3n) is 7.40. The fraction of sp³-hybridized carbons (Fsp3) is 0.278. The Hall–Kier alpha value is -3.95. The van der Waals surface area contributed by atoms with Crippen molar-refractivity contribution in [3.05, 3.63) is 130 Å². The summed E-state index contributed by atoms with van der Waals surface area (Å²) in [5, 5.41) is 3.05. The summed E-state index contributed by atoms with van der Waals surface area (Å²) in [5.74, 6) is -0.823. The zero-order valence-electron chi connectivity index (χ0n) is 26.3. The molecule has 0 bridgehead atoms. The van der Waals surface area contributed by atoms with Crippen molar-refractivity contribution in [1.29, 1.82) is 0 Å². The van der Waals surface area contributed by atoms with Crippen molar-refractivity contribution < 1.29 is 18.0 Å². The lowest BCUT2D eigenvalue weighted by atomic mass is 10.0. The van der Waals surface area contributed by atoms with Gasteiger partial charge in [-0.15, -0.1) is 0 Å². The molecule has 7 nitrogen and oxygen atoms in total. The van der Waals surface area contributed by atoms with Gasteiger partial charge in [0.15, 0.2) is 0 Å². The van der Waals surface area contributed by atoms with Gasteiger partial charge in [0.05, 0.1) is 10.6 Å². The minimum atomic E-state index is -4.15. The van der Waals surface area contributed by atoms with Crippen molar-refractivity contribution in [1.82, 2.24) is 10.2 Å². The van der Waals surface area contributed by atoms with Gasteiger partial charge in [-0.25, -0.2) is 8.42 Å². The molecule has 0 aromatic heterocycles. The molecule has 0 heterocycles. The maximum atomic E-state index is 14.6. The van der Waals surface area contributed by atoms with E-state index in [4.69, 9.17) is 0 Å². The number of amides is 2. The number of sulfonamides is 1. The first kappa shape index (κ1) is 33.9. The maximum Gasteiger partial charge on any atom is 0.264 e. The number of benzene rings is 4. The molecule has 0 saturated carbocycles. The van der Waals surface area contributed by atoms with Crippen LogP contribution in [0.1, 0.15) is 43.0 Å². The number of carbonyl (C=O) groups excluding carboxylic acids is 2. The number of nitrogens with one attached hydrogen (secondary N) is 1. The Kier molecular flexibility index (Phi) is 10.9. The fourth-order valence-electron chi connectivity index (χ4n) is 4.97. The molecule has 4 aromatic carbocycles. The second kappa shape index (κ2) is 14.4. The van der Waals surface area contributed by atoms with Gasteiger partial charge in [-0.2, -0.15) is 0 Å². The Morgan fingerprint density at radius 1 is 0.800 bits per heavy atom. The Morgan fingerprint density at radius 3 is 2.02 bits per heavy atom. The van der Waals surface area contributed by atoms with E-state index >= 15 is 0 Å². The topological polar surface area (TPSA) is 86.8 Å². The molecule has 2 amide bonds. The monoisotopic (exact) mass is 689 g/mol. The Bertz CT molecular complexity index is 1740. The summed E-state index contributed by atoms with van der Waals surface area (Å²) in [6, 6.07) is 29.5. The normalized spacial score (nSPS) is 12.3. The third kappa shape index (κ3) is 9.05. The lowest BCUT2D eigenvalue weighted by Crippen LogP contribution is -2.56. The number of rotatable bonds is 11. The van der Waals surface area contributed by atoms with E-state index in [1.165, 1.54) is 17.0 Å². The van der Waals surface area contributed by atoms with E-state index in [9.17, 15) is 18.0 Å². The van der Waals surface area contributed by atoms with Gasteiger partial charge in [0.1, 0.15) is 12.6 Å². The predicted octanol–water partition coefficient (Wildman–Crippen LogP) is 6.82. The van der Waals surface area contributed by atoms with E-state index < -0.39 is 34.1 Å². The van der Waals surface area contributed by atoms with Gasteiger partial charge in [0.2, 0.25) is 11.8 Å². The zero-order valence-corrected chi connectivity index (χ0v) is 28.7. The predicted molar refractivity (Wildman–Crippen MR) is 183 cm³/mol. The molecule has 9 heteroatoms. The Balaban J connectivity index is 1.83. The summed E-state index contributed by atoms with van der Waals surface area (Å²) >= 11 is 3.51. The average Bonchev–Trinajstić information content (AvgIpc) is 2.99. The van der Waals surface area contributed by atoms with Crippen LogP contribution in [-0.4, -0.2) is 43.3 Å². The molecule has 0 spiro atoms. The molecule has 4 rings (SSSR count). The van der Waals surface area contributed by atoms with Crippen LogP contribution in [0.15, 0.2) is 112 Å². The van der Waals surface area contributed by atoms with Gasteiger partial charge in [0, 0.05) is 23.0 Å². The number of nitrogens with zero attached hydrogens (tertiary/aromatic N) is 2. The quantitative estimate of drug-likeness (QED) is 0.187. The van der Waals surface area contributed by atoms with Crippen LogP contribution in [-0.2, 0) is 32.6 Å². The van der Waals surface area contributed by atoms with E-state index in [0.717, 1.165) is 31.0 Å².